The summed E-state index contributed by atoms with van der Waals surface area (Å²) in [7, 11) is 0. The van der Waals surface area contributed by atoms with Crippen molar-refractivity contribution < 1.29 is 28.6 Å². The summed E-state index contributed by atoms with van der Waals surface area (Å²) in [6.07, 6.45) is 90.8. The first-order chi connectivity index (χ1) is 39.5. The van der Waals surface area contributed by atoms with Crippen LogP contribution in [-0.2, 0) is 28.6 Å². The summed E-state index contributed by atoms with van der Waals surface area (Å²) in [5.74, 6) is -0.885. The van der Waals surface area contributed by atoms with E-state index in [0.29, 0.717) is 19.3 Å². The summed E-state index contributed by atoms with van der Waals surface area (Å²) in [6.45, 7) is 6.48. The van der Waals surface area contributed by atoms with E-state index < -0.39 is 6.10 Å². The molecule has 0 radical (unpaired) electrons. The molecule has 0 bridgehead atoms. The fraction of sp³-hybridized carbons (Fsp3) is 0.770. The van der Waals surface area contributed by atoms with Crippen molar-refractivity contribution in [3.05, 3.63) is 85.1 Å². The van der Waals surface area contributed by atoms with Crippen LogP contribution in [0.2, 0.25) is 0 Å². The molecule has 80 heavy (non-hydrogen) atoms. The molecule has 0 aliphatic heterocycles. The van der Waals surface area contributed by atoms with Crippen LogP contribution in [-0.4, -0.2) is 37.2 Å². The first-order valence-electron chi connectivity index (χ1n) is 34.6. The van der Waals surface area contributed by atoms with E-state index in [1.54, 1.807) is 0 Å². The fourth-order valence-electron chi connectivity index (χ4n) is 9.97. The quantitative estimate of drug-likeness (QED) is 0.0261. The summed E-state index contributed by atoms with van der Waals surface area (Å²) in [5.41, 5.74) is 0. The highest BCUT2D eigenvalue weighted by molar-refractivity contribution is 5.71. The summed E-state index contributed by atoms with van der Waals surface area (Å²) in [5, 5.41) is 0. The zero-order valence-electron chi connectivity index (χ0n) is 53.1. The van der Waals surface area contributed by atoms with Crippen molar-refractivity contribution in [3.8, 4) is 0 Å². The van der Waals surface area contributed by atoms with E-state index in [4.69, 9.17) is 14.2 Å². The molecule has 0 aromatic carbocycles. The summed E-state index contributed by atoms with van der Waals surface area (Å²) in [6, 6.07) is 0. The maximum atomic E-state index is 12.9. The maximum absolute atomic E-state index is 12.9. The molecule has 0 spiro atoms. The minimum absolute atomic E-state index is 0.0777. The highest BCUT2D eigenvalue weighted by Gasteiger charge is 2.19. The van der Waals surface area contributed by atoms with Crippen LogP contribution < -0.4 is 0 Å². The Balaban J connectivity index is 4.00. The Hall–Kier alpha value is -3.41. The molecule has 462 valence electrons. The monoisotopic (exact) mass is 1110 g/mol. The van der Waals surface area contributed by atoms with E-state index in [1.807, 2.05) is 0 Å². The molecule has 6 heteroatoms. The van der Waals surface area contributed by atoms with E-state index in [2.05, 4.69) is 106 Å². The van der Waals surface area contributed by atoms with Crippen LogP contribution >= 0.6 is 0 Å². The second kappa shape index (κ2) is 68.1. The molecule has 0 rings (SSSR count). The van der Waals surface area contributed by atoms with Crippen LogP contribution in [0.1, 0.15) is 348 Å². The molecular weight excluding hydrogens is 985 g/mol. The Morgan fingerprint density at radius 1 is 0.263 bits per heavy atom. The minimum atomic E-state index is -0.779. The number of ether oxygens (including phenoxy) is 3. The van der Waals surface area contributed by atoms with Gasteiger partial charge in [-0.25, -0.2) is 0 Å². The van der Waals surface area contributed by atoms with Gasteiger partial charge in [-0.05, 0) is 96.3 Å². The van der Waals surface area contributed by atoms with Gasteiger partial charge in [0, 0.05) is 19.3 Å². The highest BCUT2D eigenvalue weighted by Crippen LogP contribution is 2.17. The molecule has 0 N–H and O–H groups in total. The van der Waals surface area contributed by atoms with Gasteiger partial charge in [-0.1, -0.05) is 318 Å². The van der Waals surface area contributed by atoms with Crippen molar-refractivity contribution in [1.29, 1.82) is 0 Å². The van der Waals surface area contributed by atoms with Crippen molar-refractivity contribution in [1.82, 2.24) is 0 Å². The van der Waals surface area contributed by atoms with Crippen LogP contribution in [0.5, 0.6) is 0 Å². The number of carbonyl (C=O) groups excluding carboxylic acids is 3. The van der Waals surface area contributed by atoms with Gasteiger partial charge in [-0.15, -0.1) is 0 Å². The second-order valence-electron chi connectivity index (χ2n) is 23.1. The molecular formula is C74H130O6. The lowest BCUT2D eigenvalue weighted by molar-refractivity contribution is -0.167. The van der Waals surface area contributed by atoms with Crippen molar-refractivity contribution in [3.63, 3.8) is 0 Å². The normalized spacial score (nSPS) is 12.6. The Morgan fingerprint density at radius 2 is 0.487 bits per heavy atom. The van der Waals surface area contributed by atoms with Crippen molar-refractivity contribution in [2.24, 2.45) is 0 Å². The first-order valence-corrected chi connectivity index (χ1v) is 34.6. The number of carbonyl (C=O) groups is 3. The molecule has 0 fully saturated rings. The van der Waals surface area contributed by atoms with Gasteiger partial charge in [0.15, 0.2) is 6.10 Å². The van der Waals surface area contributed by atoms with Gasteiger partial charge in [0.2, 0.25) is 0 Å². The molecule has 0 heterocycles. The van der Waals surface area contributed by atoms with Gasteiger partial charge < -0.3 is 14.2 Å². The largest absolute Gasteiger partial charge is 0.462 e. The van der Waals surface area contributed by atoms with E-state index in [0.717, 1.165) is 103 Å². The molecule has 0 amide bonds. The molecule has 0 aromatic heterocycles. The molecule has 6 nitrogen and oxygen atoms in total. The second-order valence-corrected chi connectivity index (χ2v) is 23.1. The van der Waals surface area contributed by atoms with Crippen LogP contribution in [0.4, 0.5) is 0 Å². The van der Waals surface area contributed by atoms with Gasteiger partial charge >= 0.3 is 17.9 Å². The van der Waals surface area contributed by atoms with Crippen molar-refractivity contribution >= 4 is 17.9 Å². The molecule has 0 saturated heterocycles. The van der Waals surface area contributed by atoms with E-state index in [1.165, 1.54) is 205 Å². The number of hydrogen-bond donors (Lipinski definition) is 0. The van der Waals surface area contributed by atoms with Gasteiger partial charge in [-0.2, -0.15) is 0 Å². The Bertz CT molecular complexity index is 1520. The lowest BCUT2D eigenvalue weighted by Crippen LogP contribution is -2.30. The molecule has 0 saturated carbocycles. The average molecular weight is 1120 g/mol. The minimum Gasteiger partial charge on any atom is -0.462 e. The lowest BCUT2D eigenvalue weighted by Gasteiger charge is -2.18. The number of esters is 3. The number of rotatable bonds is 63. The van der Waals surface area contributed by atoms with Crippen molar-refractivity contribution in [2.45, 2.75) is 354 Å². The molecule has 1 unspecified atom stereocenters. The van der Waals surface area contributed by atoms with Gasteiger partial charge in [0.1, 0.15) is 13.2 Å². The third kappa shape index (κ3) is 65.4. The van der Waals surface area contributed by atoms with Gasteiger partial charge in [0.25, 0.3) is 0 Å². The smallest absolute Gasteiger partial charge is 0.306 e. The van der Waals surface area contributed by atoms with E-state index in [9.17, 15) is 14.4 Å². The van der Waals surface area contributed by atoms with E-state index in [-0.39, 0.29) is 31.1 Å². The molecule has 0 aliphatic carbocycles. The van der Waals surface area contributed by atoms with Crippen LogP contribution in [0, 0.1) is 0 Å². The van der Waals surface area contributed by atoms with Gasteiger partial charge in [-0.3, -0.25) is 14.4 Å². The van der Waals surface area contributed by atoms with Crippen LogP contribution in [0.15, 0.2) is 85.1 Å². The van der Waals surface area contributed by atoms with Crippen LogP contribution in [0.25, 0.3) is 0 Å². The number of unbranched alkanes of at least 4 members (excludes halogenated alkanes) is 38. The Kier molecular flexibility index (Phi) is 65.2. The summed E-state index contributed by atoms with van der Waals surface area (Å²) < 4.78 is 16.8. The number of hydrogen-bond acceptors (Lipinski definition) is 6. The number of allylic oxidation sites excluding steroid dienone is 14. The fourth-order valence-corrected chi connectivity index (χ4v) is 9.97. The Morgan fingerprint density at radius 3 is 0.762 bits per heavy atom. The molecule has 0 aliphatic rings. The topological polar surface area (TPSA) is 78.9 Å². The average Bonchev–Trinajstić information content (AvgIpc) is 3.46. The lowest BCUT2D eigenvalue weighted by atomic mass is 10.0. The van der Waals surface area contributed by atoms with Crippen LogP contribution in [0.3, 0.4) is 0 Å². The summed E-state index contributed by atoms with van der Waals surface area (Å²) >= 11 is 0. The maximum Gasteiger partial charge on any atom is 0.306 e. The zero-order chi connectivity index (χ0) is 57.8. The first kappa shape index (κ1) is 76.6. The van der Waals surface area contributed by atoms with E-state index >= 15 is 0 Å². The molecule has 1 atom stereocenters. The summed E-state index contributed by atoms with van der Waals surface area (Å²) in [4.78, 5) is 38.1. The van der Waals surface area contributed by atoms with Gasteiger partial charge in [0.05, 0.1) is 0 Å². The highest BCUT2D eigenvalue weighted by atomic mass is 16.6. The Labute approximate surface area is 496 Å². The van der Waals surface area contributed by atoms with Crippen molar-refractivity contribution in [2.75, 3.05) is 13.2 Å². The predicted molar refractivity (Wildman–Crippen MR) is 348 cm³/mol. The third-order valence-corrected chi connectivity index (χ3v) is 15.1. The standard InChI is InChI=1S/C74H130O6/c1-4-7-10-13-16-18-20-22-24-26-28-30-32-33-34-35-36-37-38-39-40-41-43-44-46-48-50-52-54-56-58-61-64-67-73(76)79-70-71(69-78-72(75)66-63-60-15-12-9-6-3)80-74(77)68-65-62-59-57-55-53-51-49-47-45-42-31-29-27-25-23-21-19-17-14-11-8-5-2/h8,11,17,19-20,22-23,25-26,28-29,31,45,47,71H,4-7,9-10,12-16,18,21,24,27,30,32-44,46,48-70H2,1-3H3/b11-8-,19-17-,22-20-,25-23-,28-26-,31-29-,47-45-. The SMILES string of the molecule is CC/C=C\C/C=C\C/C=C\C/C=C\C/C=C\CCCCCCCCCC(=O)OC(COC(=O)CCCCCCCC)COC(=O)CCCCCCCCCCCCCCCCCCCCCCC/C=C\C/C=C\CCCCCCC. The predicted octanol–water partition coefficient (Wildman–Crippen LogP) is 23.8. The third-order valence-electron chi connectivity index (χ3n) is 15.1. The molecule has 0 aromatic rings. The zero-order valence-corrected chi connectivity index (χ0v) is 53.1.